The first-order valence-corrected chi connectivity index (χ1v) is 11.1. The monoisotopic (exact) mass is 374 g/mol. The summed E-state index contributed by atoms with van der Waals surface area (Å²) in [6.45, 7) is 0. The number of rotatable bonds is 2. The Morgan fingerprint density at radius 1 is 0.690 bits per heavy atom. The van der Waals surface area contributed by atoms with E-state index in [1.807, 2.05) is 0 Å². The molecule has 3 aromatic carbocycles. The first-order chi connectivity index (χ1) is 14.4. The molecule has 29 heavy (non-hydrogen) atoms. The van der Waals surface area contributed by atoms with Gasteiger partial charge in [0, 0.05) is 12.3 Å². The van der Waals surface area contributed by atoms with Crippen molar-refractivity contribution in [3.63, 3.8) is 0 Å². The standard InChI is InChI=1S/C29H26/c1-2-11-23-19-29(27-17-16-21-9-4-6-14-25(21)27)28(18-22(23)10-1)26-15-7-12-20-8-3-5-13-24(20)26/h1-6,8-11,13-14,19,26-28H,7,12,15-17H2. The van der Waals surface area contributed by atoms with Crippen molar-refractivity contribution in [3.05, 3.63) is 118 Å². The molecule has 0 aliphatic heterocycles. The van der Waals surface area contributed by atoms with Gasteiger partial charge in [-0.3, -0.25) is 0 Å². The van der Waals surface area contributed by atoms with Crippen molar-refractivity contribution >= 4 is 6.08 Å². The topological polar surface area (TPSA) is 0 Å². The Balaban J connectivity index is 1.48. The minimum absolute atomic E-state index is 0.377. The molecule has 3 unspecified atom stereocenters. The van der Waals surface area contributed by atoms with Crippen LogP contribution in [0.2, 0.25) is 0 Å². The van der Waals surface area contributed by atoms with Crippen LogP contribution < -0.4 is 0 Å². The summed E-state index contributed by atoms with van der Waals surface area (Å²) in [4.78, 5) is 0. The smallest absolute Gasteiger partial charge is 0.0255 e. The van der Waals surface area contributed by atoms with Gasteiger partial charge >= 0.3 is 0 Å². The van der Waals surface area contributed by atoms with Crippen molar-refractivity contribution in [1.29, 1.82) is 0 Å². The van der Waals surface area contributed by atoms with Gasteiger partial charge in [0.05, 0.1) is 0 Å². The van der Waals surface area contributed by atoms with Gasteiger partial charge in [-0.2, -0.15) is 0 Å². The molecule has 0 saturated carbocycles. The molecule has 142 valence electrons. The third-order valence-corrected chi connectivity index (χ3v) is 7.31. The van der Waals surface area contributed by atoms with Crippen LogP contribution in [0.5, 0.6) is 0 Å². The summed E-state index contributed by atoms with van der Waals surface area (Å²) < 4.78 is 0. The molecule has 3 aliphatic rings. The zero-order chi connectivity index (χ0) is 19.2. The molecule has 0 aromatic heterocycles. The van der Waals surface area contributed by atoms with Gasteiger partial charge < -0.3 is 0 Å². The van der Waals surface area contributed by atoms with Crippen molar-refractivity contribution in [1.82, 2.24) is 0 Å². The Labute approximate surface area is 174 Å². The van der Waals surface area contributed by atoms with E-state index in [2.05, 4.69) is 85.3 Å². The van der Waals surface area contributed by atoms with Crippen molar-refractivity contribution in [2.24, 2.45) is 5.92 Å². The quantitative estimate of drug-likeness (QED) is 0.454. The summed E-state index contributed by atoms with van der Waals surface area (Å²) in [5, 5.41) is 0. The summed E-state index contributed by atoms with van der Waals surface area (Å²) in [6, 6.07) is 27.1. The maximum Gasteiger partial charge on any atom is 0.0255 e. The Hall–Kier alpha value is -2.60. The molecule has 3 aromatic rings. The van der Waals surface area contributed by atoms with Crippen LogP contribution in [-0.2, 0) is 12.8 Å². The highest BCUT2D eigenvalue weighted by Gasteiger charge is 2.38. The highest BCUT2D eigenvalue weighted by molar-refractivity contribution is 5.67. The second-order valence-electron chi connectivity index (χ2n) is 8.84. The number of allylic oxidation sites excluding steroid dienone is 1. The highest BCUT2D eigenvalue weighted by atomic mass is 14.4. The average molecular weight is 375 g/mol. The average Bonchev–Trinajstić information content (AvgIpc) is 3.22. The molecular weight excluding hydrogens is 348 g/mol. The van der Waals surface area contributed by atoms with Gasteiger partial charge in [-0.1, -0.05) is 84.4 Å². The third kappa shape index (κ3) is 2.89. The predicted octanol–water partition coefficient (Wildman–Crippen LogP) is 6.98. The molecule has 0 heterocycles. The minimum atomic E-state index is 0.377. The first kappa shape index (κ1) is 17.3. The van der Waals surface area contributed by atoms with Crippen LogP contribution in [0.3, 0.4) is 0 Å². The Morgan fingerprint density at radius 2 is 1.41 bits per heavy atom. The maximum atomic E-state index is 4.00. The Bertz CT molecular complexity index is 1090. The lowest BCUT2D eigenvalue weighted by Crippen LogP contribution is -2.25. The van der Waals surface area contributed by atoms with E-state index in [1.54, 1.807) is 27.8 Å². The van der Waals surface area contributed by atoms with Crippen LogP contribution in [0, 0.1) is 12.3 Å². The van der Waals surface area contributed by atoms with Crippen LogP contribution in [0.25, 0.3) is 6.08 Å². The molecule has 6 rings (SSSR count). The highest BCUT2D eigenvalue weighted by Crippen LogP contribution is 2.51. The zero-order valence-corrected chi connectivity index (χ0v) is 16.8. The second-order valence-corrected chi connectivity index (χ2v) is 8.84. The fourth-order valence-corrected chi connectivity index (χ4v) is 5.97. The lowest BCUT2D eigenvalue weighted by Gasteiger charge is -2.38. The lowest BCUT2D eigenvalue weighted by molar-refractivity contribution is 0.448. The molecule has 0 nitrogen and oxygen atoms in total. The van der Waals surface area contributed by atoms with Crippen LogP contribution in [-0.4, -0.2) is 0 Å². The molecule has 0 bridgehead atoms. The summed E-state index contributed by atoms with van der Waals surface area (Å²) in [7, 11) is 0. The van der Waals surface area contributed by atoms with Crippen molar-refractivity contribution < 1.29 is 0 Å². The van der Waals surface area contributed by atoms with E-state index >= 15 is 0 Å². The molecule has 0 amide bonds. The van der Waals surface area contributed by atoms with Gasteiger partial charge in [-0.05, 0) is 77.3 Å². The van der Waals surface area contributed by atoms with Crippen LogP contribution in [0.1, 0.15) is 64.5 Å². The minimum Gasteiger partial charge on any atom is -0.0620 e. The summed E-state index contributed by atoms with van der Waals surface area (Å²) in [6.07, 6.45) is 12.7. The van der Waals surface area contributed by atoms with Gasteiger partial charge in [-0.15, -0.1) is 0 Å². The molecule has 0 fully saturated rings. The predicted molar refractivity (Wildman–Crippen MR) is 120 cm³/mol. The number of hydrogen-bond acceptors (Lipinski definition) is 0. The van der Waals surface area contributed by atoms with Gasteiger partial charge in [-0.25, -0.2) is 0 Å². The van der Waals surface area contributed by atoms with E-state index in [0.29, 0.717) is 17.8 Å². The van der Waals surface area contributed by atoms with E-state index in [0.717, 1.165) is 0 Å². The molecule has 0 saturated heterocycles. The fraction of sp³-hybridized carbons (Fsp3) is 0.276. The van der Waals surface area contributed by atoms with Crippen LogP contribution in [0.4, 0.5) is 0 Å². The van der Waals surface area contributed by atoms with Crippen LogP contribution in [0.15, 0.2) is 78.4 Å². The number of hydrogen-bond donors (Lipinski definition) is 0. The van der Waals surface area contributed by atoms with Crippen molar-refractivity contribution in [2.75, 3.05) is 0 Å². The summed E-state index contributed by atoms with van der Waals surface area (Å²) >= 11 is 0. The molecule has 0 spiro atoms. The Morgan fingerprint density at radius 3 is 2.31 bits per heavy atom. The van der Waals surface area contributed by atoms with Gasteiger partial charge in [0.2, 0.25) is 0 Å². The summed E-state index contributed by atoms with van der Waals surface area (Å²) in [5.41, 5.74) is 10.4. The van der Waals surface area contributed by atoms with E-state index < -0.39 is 0 Å². The second kappa shape index (κ2) is 7.02. The number of fused-ring (bicyclic) bond motifs is 3. The lowest BCUT2D eigenvalue weighted by atomic mass is 9.65. The first-order valence-electron chi connectivity index (χ1n) is 11.1. The van der Waals surface area contributed by atoms with Gasteiger partial charge in [0.15, 0.2) is 0 Å². The van der Waals surface area contributed by atoms with Crippen molar-refractivity contribution in [2.45, 2.75) is 43.9 Å². The molecule has 3 aliphatic carbocycles. The SMILES string of the molecule is [C]1c2ccccc2C=C(C2CCc3ccccc32)C1C1CCCc2ccccc21. The van der Waals surface area contributed by atoms with Gasteiger partial charge in [0.25, 0.3) is 0 Å². The third-order valence-electron chi connectivity index (χ3n) is 7.31. The normalized spacial score (nSPS) is 25.0. The zero-order valence-electron chi connectivity index (χ0n) is 16.8. The molecule has 0 N–H and O–H groups in total. The molecular formula is C29H26. The van der Waals surface area contributed by atoms with Gasteiger partial charge in [0.1, 0.15) is 0 Å². The Kier molecular flexibility index (Phi) is 4.18. The van der Waals surface area contributed by atoms with E-state index in [-0.39, 0.29) is 0 Å². The maximum absolute atomic E-state index is 4.00. The number of aryl methyl sites for hydroxylation is 2. The van der Waals surface area contributed by atoms with E-state index in [9.17, 15) is 0 Å². The fourth-order valence-electron chi connectivity index (χ4n) is 5.97. The van der Waals surface area contributed by atoms with E-state index in [4.69, 9.17) is 0 Å². The summed E-state index contributed by atoms with van der Waals surface area (Å²) in [5.74, 6) is 1.46. The van der Waals surface area contributed by atoms with E-state index in [1.165, 1.54) is 43.2 Å². The molecule has 3 atom stereocenters. The number of benzene rings is 3. The van der Waals surface area contributed by atoms with Crippen molar-refractivity contribution in [3.8, 4) is 0 Å². The molecule has 0 heteroatoms. The molecule has 2 radical (unpaired) electrons. The largest absolute Gasteiger partial charge is 0.0620 e. The van der Waals surface area contributed by atoms with Crippen LogP contribution >= 0.6 is 0 Å².